The smallest absolute Gasteiger partial charge is 0.240 e. The van der Waals surface area contributed by atoms with E-state index in [9.17, 15) is 9.59 Å². The van der Waals surface area contributed by atoms with E-state index in [-0.39, 0.29) is 11.8 Å². The molecule has 4 atom stereocenters. The lowest BCUT2D eigenvalue weighted by Gasteiger charge is -2.36. The van der Waals surface area contributed by atoms with Crippen LogP contribution in [0.25, 0.3) is 0 Å². The lowest BCUT2D eigenvalue weighted by atomic mass is 9.81. The van der Waals surface area contributed by atoms with E-state index >= 15 is 0 Å². The number of imide groups is 1. The summed E-state index contributed by atoms with van der Waals surface area (Å²) in [5.41, 5.74) is 2.37. The van der Waals surface area contributed by atoms with E-state index in [0.29, 0.717) is 5.69 Å². The van der Waals surface area contributed by atoms with Crippen molar-refractivity contribution in [1.82, 2.24) is 0 Å². The fraction of sp³-hybridized carbons (Fsp3) is 0.333. The predicted molar refractivity (Wildman–Crippen MR) is 153 cm³/mol. The molecule has 1 aliphatic heterocycles. The number of hydrogen-bond acceptors (Lipinski definition) is 4. The van der Waals surface area contributed by atoms with Gasteiger partial charge in [0.2, 0.25) is 11.8 Å². The van der Waals surface area contributed by atoms with Gasteiger partial charge in [-0.2, -0.15) is 0 Å². The summed E-state index contributed by atoms with van der Waals surface area (Å²) < 4.78 is 13.5. The maximum Gasteiger partial charge on any atom is 0.240 e. The summed E-state index contributed by atoms with van der Waals surface area (Å²) in [6.45, 7) is 12.7. The first-order valence-corrected chi connectivity index (χ1v) is 19.7. The van der Waals surface area contributed by atoms with Gasteiger partial charge in [-0.1, -0.05) is 78.9 Å². The van der Waals surface area contributed by atoms with Crippen LogP contribution in [-0.2, 0) is 18.4 Å². The summed E-state index contributed by atoms with van der Waals surface area (Å²) >= 11 is 0. The van der Waals surface area contributed by atoms with Crippen LogP contribution in [0.1, 0.15) is 23.3 Å². The topological polar surface area (TPSA) is 55.8 Å². The molecule has 0 aliphatic carbocycles. The van der Waals surface area contributed by atoms with Crippen molar-refractivity contribution in [1.29, 1.82) is 0 Å². The Morgan fingerprint density at radius 2 is 0.892 bits per heavy atom. The van der Waals surface area contributed by atoms with E-state index in [0.717, 1.165) is 11.1 Å². The fourth-order valence-electron chi connectivity index (χ4n) is 4.93. The number of para-hydroxylation sites is 1. The van der Waals surface area contributed by atoms with Crippen molar-refractivity contribution in [2.75, 3.05) is 4.90 Å². The van der Waals surface area contributed by atoms with Gasteiger partial charge in [0.1, 0.15) is 0 Å². The lowest BCUT2D eigenvalue weighted by Crippen LogP contribution is -2.40. The first kappa shape index (κ1) is 27.2. The summed E-state index contributed by atoms with van der Waals surface area (Å²) in [4.78, 5) is 30.0. The van der Waals surface area contributed by atoms with Crippen molar-refractivity contribution in [3.8, 4) is 0 Å². The molecule has 194 valence electrons. The molecule has 0 radical (unpaired) electrons. The molecule has 3 aromatic carbocycles. The Balaban J connectivity index is 1.92. The Labute approximate surface area is 222 Å². The highest BCUT2D eigenvalue weighted by Gasteiger charge is 2.56. The molecule has 0 N–H and O–H groups in total. The molecule has 0 bridgehead atoms. The van der Waals surface area contributed by atoms with Gasteiger partial charge in [-0.15, -0.1) is 0 Å². The highest BCUT2D eigenvalue weighted by atomic mass is 28.4. The van der Waals surface area contributed by atoms with Crippen LogP contribution in [0.2, 0.25) is 39.3 Å². The number of nitrogens with zero attached hydrogens (tertiary/aromatic N) is 1. The third-order valence-electron chi connectivity index (χ3n) is 6.28. The molecule has 4 rings (SSSR count). The van der Waals surface area contributed by atoms with Crippen LogP contribution in [0.15, 0.2) is 91.0 Å². The van der Waals surface area contributed by atoms with Crippen molar-refractivity contribution in [3.63, 3.8) is 0 Å². The van der Waals surface area contributed by atoms with E-state index in [1.807, 2.05) is 91.0 Å². The molecule has 2 unspecified atom stereocenters. The van der Waals surface area contributed by atoms with E-state index in [1.165, 1.54) is 4.90 Å². The molecule has 2 amide bonds. The molecule has 3 aromatic rings. The molecular formula is C30H37NO4Si2. The van der Waals surface area contributed by atoms with Gasteiger partial charge in [0.25, 0.3) is 0 Å². The lowest BCUT2D eigenvalue weighted by molar-refractivity contribution is -0.127. The summed E-state index contributed by atoms with van der Waals surface area (Å²) in [6, 6.07) is 28.9. The third kappa shape index (κ3) is 6.36. The molecule has 0 spiro atoms. The van der Waals surface area contributed by atoms with E-state index in [1.54, 1.807) is 0 Å². The van der Waals surface area contributed by atoms with Crippen molar-refractivity contribution < 1.29 is 18.4 Å². The number of carbonyl (C=O) groups is 2. The van der Waals surface area contributed by atoms with Crippen LogP contribution < -0.4 is 4.90 Å². The van der Waals surface area contributed by atoms with Gasteiger partial charge in [0, 0.05) is 0 Å². The van der Waals surface area contributed by atoms with Crippen LogP contribution >= 0.6 is 0 Å². The second-order valence-corrected chi connectivity index (χ2v) is 20.4. The van der Waals surface area contributed by atoms with E-state index in [4.69, 9.17) is 8.85 Å². The van der Waals surface area contributed by atoms with Crippen molar-refractivity contribution in [3.05, 3.63) is 102 Å². The Bertz CT molecular complexity index is 1130. The maximum absolute atomic E-state index is 14.3. The highest BCUT2D eigenvalue weighted by molar-refractivity contribution is 6.70. The Morgan fingerprint density at radius 1 is 0.568 bits per heavy atom. The summed E-state index contributed by atoms with van der Waals surface area (Å²) in [6.07, 6.45) is -1.14. The van der Waals surface area contributed by atoms with Crippen LogP contribution in [0.5, 0.6) is 0 Å². The normalized spacial score (nSPS) is 20.2. The molecule has 1 fully saturated rings. The first-order chi connectivity index (χ1) is 17.5. The van der Waals surface area contributed by atoms with Crippen LogP contribution in [0.3, 0.4) is 0 Å². The average molecular weight is 532 g/mol. The van der Waals surface area contributed by atoms with Crippen molar-refractivity contribution in [2.24, 2.45) is 11.8 Å². The zero-order valence-electron chi connectivity index (χ0n) is 22.5. The molecule has 1 heterocycles. The second-order valence-electron chi connectivity index (χ2n) is 11.5. The van der Waals surface area contributed by atoms with Crippen LogP contribution in [0.4, 0.5) is 5.69 Å². The number of benzene rings is 3. The molecule has 0 saturated carbocycles. The second kappa shape index (κ2) is 10.9. The minimum Gasteiger partial charge on any atom is -0.410 e. The van der Waals surface area contributed by atoms with Crippen molar-refractivity contribution >= 4 is 34.1 Å². The van der Waals surface area contributed by atoms with Gasteiger partial charge in [0.05, 0.1) is 29.7 Å². The Hall–Kier alpha value is -2.85. The average Bonchev–Trinajstić information content (AvgIpc) is 3.11. The van der Waals surface area contributed by atoms with Gasteiger partial charge in [0.15, 0.2) is 16.6 Å². The van der Waals surface area contributed by atoms with Gasteiger partial charge in [-0.3, -0.25) is 9.59 Å². The van der Waals surface area contributed by atoms with E-state index in [2.05, 4.69) is 39.3 Å². The zero-order chi connectivity index (χ0) is 26.8. The number of rotatable bonds is 9. The molecule has 1 saturated heterocycles. The Kier molecular flexibility index (Phi) is 7.99. The van der Waals surface area contributed by atoms with Gasteiger partial charge in [-0.05, 0) is 62.5 Å². The monoisotopic (exact) mass is 531 g/mol. The number of carbonyl (C=O) groups excluding carboxylic acids is 2. The predicted octanol–water partition coefficient (Wildman–Crippen LogP) is 6.98. The van der Waals surface area contributed by atoms with Gasteiger partial charge in [-0.25, -0.2) is 4.90 Å². The molecule has 5 nitrogen and oxygen atoms in total. The SMILES string of the molecule is C[Si](C)(C)OC(c1ccccc1)[C@H]1C(=O)N(c2ccccc2)C(=O)[C@@H]1C(O[Si](C)(C)C)c1ccccc1. The van der Waals surface area contributed by atoms with Crippen LogP contribution in [-0.4, -0.2) is 28.4 Å². The Morgan fingerprint density at radius 3 is 1.22 bits per heavy atom. The maximum atomic E-state index is 14.3. The number of hydrogen-bond donors (Lipinski definition) is 0. The highest BCUT2D eigenvalue weighted by Crippen LogP contribution is 2.48. The molecule has 0 aromatic heterocycles. The molecule has 7 heteroatoms. The molecule has 1 aliphatic rings. The first-order valence-electron chi connectivity index (χ1n) is 12.8. The minimum atomic E-state index is -2.13. The van der Waals surface area contributed by atoms with Crippen molar-refractivity contribution in [2.45, 2.75) is 51.5 Å². The minimum absolute atomic E-state index is 0.242. The largest absolute Gasteiger partial charge is 0.410 e. The van der Waals surface area contributed by atoms with Gasteiger partial charge < -0.3 is 8.85 Å². The summed E-state index contributed by atoms with van der Waals surface area (Å²) in [5, 5.41) is 0. The molecular weight excluding hydrogens is 495 g/mol. The van der Waals surface area contributed by atoms with Crippen LogP contribution in [0, 0.1) is 11.8 Å². The quantitative estimate of drug-likeness (QED) is 0.221. The zero-order valence-corrected chi connectivity index (χ0v) is 24.5. The number of anilines is 1. The summed E-state index contributed by atoms with van der Waals surface area (Å²) in [7, 11) is -4.26. The van der Waals surface area contributed by atoms with E-state index < -0.39 is 40.7 Å². The fourth-order valence-corrected chi connectivity index (χ4v) is 7.01. The summed E-state index contributed by atoms with van der Waals surface area (Å²) in [5.74, 6) is -1.95. The number of amides is 2. The van der Waals surface area contributed by atoms with Gasteiger partial charge >= 0.3 is 0 Å². The standard InChI is InChI=1S/C30H37NO4Si2/c1-36(2,3)34-27(22-16-10-7-11-17-22)25-26(28(35-37(4,5)6)23-18-12-8-13-19-23)30(33)31(29(25)32)24-20-14-9-15-21-24/h7-21,25-28H,1-6H3/t25-,26-,27?,28?/m0/s1. The molecule has 37 heavy (non-hydrogen) atoms. The third-order valence-corrected chi connectivity index (χ3v) is 8.20.